The van der Waals surface area contributed by atoms with E-state index < -0.39 is 7.12 Å². The van der Waals surface area contributed by atoms with Gasteiger partial charge in [-0.3, -0.25) is 4.90 Å². The van der Waals surface area contributed by atoms with Crippen molar-refractivity contribution >= 4 is 12.6 Å². The minimum Gasteiger partial charge on any atom is -0.423 e. The van der Waals surface area contributed by atoms with Crippen LogP contribution in [-0.4, -0.2) is 34.2 Å². The van der Waals surface area contributed by atoms with Crippen LogP contribution < -0.4 is 5.46 Å². The summed E-state index contributed by atoms with van der Waals surface area (Å²) < 4.78 is 0. The minimum absolute atomic E-state index is 0.567. The molecule has 2 N–H and O–H groups in total. The normalized spacial score (nSPS) is 25.1. The molecule has 0 saturated carbocycles. The van der Waals surface area contributed by atoms with E-state index in [2.05, 4.69) is 18.7 Å². The highest BCUT2D eigenvalue weighted by Gasteiger charge is 2.26. The predicted molar refractivity (Wildman–Crippen MR) is 74.6 cm³/mol. The van der Waals surface area contributed by atoms with E-state index >= 15 is 0 Å². The molecule has 2 unspecified atom stereocenters. The number of likely N-dealkylation sites (tertiary alicyclic amines) is 1. The SMILES string of the molecule is CC1CCCC(C)N1Cc1ccccc1B(O)O. The van der Waals surface area contributed by atoms with Crippen molar-refractivity contribution in [2.24, 2.45) is 0 Å². The van der Waals surface area contributed by atoms with Crippen molar-refractivity contribution in [3.8, 4) is 0 Å². The molecule has 0 amide bonds. The minimum atomic E-state index is -1.38. The molecule has 0 radical (unpaired) electrons. The summed E-state index contributed by atoms with van der Waals surface area (Å²) in [6, 6.07) is 8.72. The lowest BCUT2D eigenvalue weighted by atomic mass is 9.76. The van der Waals surface area contributed by atoms with Gasteiger partial charge in [0.25, 0.3) is 0 Å². The molecule has 1 aromatic rings. The molecule has 1 saturated heterocycles. The first-order valence-electron chi connectivity index (χ1n) is 6.79. The summed E-state index contributed by atoms with van der Waals surface area (Å²) >= 11 is 0. The van der Waals surface area contributed by atoms with E-state index in [9.17, 15) is 10.0 Å². The molecule has 4 heteroatoms. The van der Waals surface area contributed by atoms with Crippen LogP contribution >= 0.6 is 0 Å². The van der Waals surface area contributed by atoms with Gasteiger partial charge in [-0.25, -0.2) is 0 Å². The van der Waals surface area contributed by atoms with Gasteiger partial charge in [0, 0.05) is 18.6 Å². The van der Waals surface area contributed by atoms with Crippen LogP contribution in [0.3, 0.4) is 0 Å². The lowest BCUT2D eigenvalue weighted by molar-refractivity contribution is 0.0955. The topological polar surface area (TPSA) is 43.7 Å². The van der Waals surface area contributed by atoms with E-state index in [1.807, 2.05) is 18.2 Å². The highest BCUT2D eigenvalue weighted by Crippen LogP contribution is 2.24. The number of piperidine rings is 1. The second-order valence-electron chi connectivity index (χ2n) is 5.37. The van der Waals surface area contributed by atoms with Crippen molar-refractivity contribution < 1.29 is 10.0 Å². The van der Waals surface area contributed by atoms with Gasteiger partial charge in [-0.15, -0.1) is 0 Å². The number of hydrogen-bond acceptors (Lipinski definition) is 3. The summed E-state index contributed by atoms with van der Waals surface area (Å²) in [5, 5.41) is 18.8. The van der Waals surface area contributed by atoms with Crippen LogP contribution in [0, 0.1) is 0 Å². The molecule has 1 aliphatic rings. The molecule has 0 aromatic heterocycles. The number of benzene rings is 1. The number of nitrogens with zero attached hydrogens (tertiary/aromatic N) is 1. The standard InChI is InChI=1S/C14H22BNO2/c1-11-6-5-7-12(2)16(11)10-13-8-3-4-9-14(13)15(17)18/h3-4,8-9,11-12,17-18H,5-7,10H2,1-2H3. The van der Waals surface area contributed by atoms with Crippen LogP contribution in [-0.2, 0) is 6.54 Å². The summed E-state index contributed by atoms with van der Waals surface area (Å²) in [6.07, 6.45) is 3.76. The third-order valence-electron chi connectivity index (χ3n) is 4.06. The fourth-order valence-corrected chi connectivity index (χ4v) is 2.91. The Morgan fingerprint density at radius 1 is 1.17 bits per heavy atom. The first-order chi connectivity index (χ1) is 8.59. The molecule has 18 heavy (non-hydrogen) atoms. The average molecular weight is 247 g/mol. The Kier molecular flexibility index (Phi) is 4.43. The molecule has 1 fully saturated rings. The zero-order chi connectivity index (χ0) is 13.1. The lowest BCUT2D eigenvalue weighted by Crippen LogP contribution is -2.45. The van der Waals surface area contributed by atoms with Gasteiger partial charge in [-0.1, -0.05) is 30.7 Å². The van der Waals surface area contributed by atoms with Crippen LogP contribution in [0.5, 0.6) is 0 Å². The average Bonchev–Trinajstić information content (AvgIpc) is 2.34. The summed E-state index contributed by atoms with van der Waals surface area (Å²) in [7, 11) is -1.38. The zero-order valence-corrected chi connectivity index (χ0v) is 11.2. The third kappa shape index (κ3) is 2.94. The van der Waals surface area contributed by atoms with Gasteiger partial charge >= 0.3 is 7.12 Å². The largest absolute Gasteiger partial charge is 0.488 e. The molecule has 2 atom stereocenters. The van der Waals surface area contributed by atoms with Gasteiger partial charge in [-0.2, -0.15) is 0 Å². The maximum atomic E-state index is 9.40. The van der Waals surface area contributed by atoms with E-state index in [-0.39, 0.29) is 0 Å². The maximum absolute atomic E-state index is 9.40. The van der Waals surface area contributed by atoms with Crippen molar-refractivity contribution in [2.45, 2.75) is 51.7 Å². The van der Waals surface area contributed by atoms with E-state index in [1.54, 1.807) is 6.07 Å². The second kappa shape index (κ2) is 5.87. The van der Waals surface area contributed by atoms with Gasteiger partial charge in [0.05, 0.1) is 0 Å². The smallest absolute Gasteiger partial charge is 0.423 e. The quantitative estimate of drug-likeness (QED) is 0.787. The maximum Gasteiger partial charge on any atom is 0.488 e. The Morgan fingerprint density at radius 3 is 2.39 bits per heavy atom. The lowest BCUT2D eigenvalue weighted by Gasteiger charge is -2.39. The highest BCUT2D eigenvalue weighted by atomic mass is 16.4. The number of hydrogen-bond donors (Lipinski definition) is 2. The molecule has 2 rings (SSSR count). The molecule has 1 aliphatic heterocycles. The molecular formula is C14H22BNO2. The van der Waals surface area contributed by atoms with Crippen LogP contribution in [0.2, 0.25) is 0 Å². The first kappa shape index (κ1) is 13.6. The fourth-order valence-electron chi connectivity index (χ4n) is 2.91. The third-order valence-corrected chi connectivity index (χ3v) is 4.06. The summed E-state index contributed by atoms with van der Waals surface area (Å²) in [5.74, 6) is 0. The van der Waals surface area contributed by atoms with Crippen molar-refractivity contribution in [1.29, 1.82) is 0 Å². The summed E-state index contributed by atoms with van der Waals surface area (Å²) in [5.41, 5.74) is 1.65. The van der Waals surface area contributed by atoms with Crippen LogP contribution in [0.25, 0.3) is 0 Å². The van der Waals surface area contributed by atoms with E-state index in [4.69, 9.17) is 0 Å². The Hall–Kier alpha value is -0.835. The van der Waals surface area contributed by atoms with Gasteiger partial charge in [0.1, 0.15) is 0 Å². The molecular weight excluding hydrogens is 225 g/mol. The van der Waals surface area contributed by atoms with Gasteiger partial charge in [-0.05, 0) is 37.7 Å². The molecule has 0 spiro atoms. The number of rotatable bonds is 3. The Morgan fingerprint density at radius 2 is 1.78 bits per heavy atom. The fraction of sp³-hybridized carbons (Fsp3) is 0.571. The second-order valence-corrected chi connectivity index (χ2v) is 5.37. The van der Waals surface area contributed by atoms with Crippen molar-refractivity contribution in [1.82, 2.24) is 4.90 Å². The summed E-state index contributed by atoms with van der Waals surface area (Å²) in [4.78, 5) is 2.46. The molecule has 3 nitrogen and oxygen atoms in total. The Balaban J connectivity index is 2.17. The molecule has 98 valence electrons. The molecule has 1 heterocycles. The molecule has 0 aliphatic carbocycles. The van der Waals surface area contributed by atoms with Crippen molar-refractivity contribution in [3.05, 3.63) is 29.8 Å². The monoisotopic (exact) mass is 247 g/mol. The van der Waals surface area contributed by atoms with Gasteiger partial charge < -0.3 is 10.0 Å². The summed E-state index contributed by atoms with van der Waals surface area (Å²) in [6.45, 7) is 5.32. The van der Waals surface area contributed by atoms with Crippen molar-refractivity contribution in [3.63, 3.8) is 0 Å². The highest BCUT2D eigenvalue weighted by molar-refractivity contribution is 6.59. The van der Waals surface area contributed by atoms with E-state index in [0.29, 0.717) is 17.5 Å². The van der Waals surface area contributed by atoms with Gasteiger partial charge in [0.15, 0.2) is 0 Å². The van der Waals surface area contributed by atoms with E-state index in [0.717, 1.165) is 12.1 Å². The molecule has 1 aromatic carbocycles. The van der Waals surface area contributed by atoms with Gasteiger partial charge in [0.2, 0.25) is 0 Å². The Labute approximate surface area is 110 Å². The molecule has 0 bridgehead atoms. The van der Waals surface area contributed by atoms with Crippen LogP contribution in [0.1, 0.15) is 38.7 Å². The zero-order valence-electron chi connectivity index (χ0n) is 11.2. The Bertz CT molecular complexity index is 387. The van der Waals surface area contributed by atoms with E-state index in [1.165, 1.54) is 19.3 Å². The van der Waals surface area contributed by atoms with Crippen LogP contribution in [0.15, 0.2) is 24.3 Å². The predicted octanol–water partition coefficient (Wildman–Crippen LogP) is 1.13. The first-order valence-corrected chi connectivity index (χ1v) is 6.79. The van der Waals surface area contributed by atoms with Crippen molar-refractivity contribution in [2.75, 3.05) is 0 Å². The van der Waals surface area contributed by atoms with Crippen LogP contribution in [0.4, 0.5) is 0 Å².